The Kier molecular flexibility index (Phi) is 6.14. The molecule has 1 aromatic rings. The van der Waals surface area contributed by atoms with E-state index in [4.69, 9.17) is 4.55 Å². The molecule has 1 unspecified atom stereocenters. The molecule has 1 aliphatic rings. The van der Waals surface area contributed by atoms with E-state index in [1.807, 2.05) is 6.92 Å². The van der Waals surface area contributed by atoms with E-state index in [2.05, 4.69) is 10.1 Å². The molecule has 0 aliphatic carbocycles. The van der Waals surface area contributed by atoms with Gasteiger partial charge in [0.05, 0.1) is 11.5 Å². The number of alkyl halides is 3. The minimum Gasteiger partial charge on any atom is -0.366 e. The van der Waals surface area contributed by atoms with Crippen LogP contribution in [0.25, 0.3) is 0 Å². The van der Waals surface area contributed by atoms with Crippen LogP contribution in [0.3, 0.4) is 0 Å². The Morgan fingerprint density at radius 1 is 1.29 bits per heavy atom. The fourth-order valence-electron chi connectivity index (χ4n) is 1.49. The van der Waals surface area contributed by atoms with E-state index in [0.717, 1.165) is 5.56 Å². The monoisotopic (exact) mass is 327 g/mol. The fourth-order valence-corrected chi connectivity index (χ4v) is 1.97. The average molecular weight is 327 g/mol. The second kappa shape index (κ2) is 7.21. The van der Waals surface area contributed by atoms with Gasteiger partial charge in [0, 0.05) is 13.1 Å². The zero-order valence-electron chi connectivity index (χ0n) is 11.2. The molecule has 1 fully saturated rings. The summed E-state index contributed by atoms with van der Waals surface area (Å²) in [4.78, 5) is -0.0666. The highest BCUT2D eigenvalue weighted by Gasteiger charge is 2.41. The topological polar surface area (TPSA) is 75.6 Å². The van der Waals surface area contributed by atoms with Gasteiger partial charge in [0.15, 0.2) is 6.10 Å². The molecule has 0 saturated carbocycles. The summed E-state index contributed by atoms with van der Waals surface area (Å²) in [5, 5.41) is 2.60. The number of hydrogen-bond acceptors (Lipinski definition) is 4. The predicted molar refractivity (Wildman–Crippen MR) is 69.7 cm³/mol. The molecule has 0 amide bonds. The van der Waals surface area contributed by atoms with Gasteiger partial charge < -0.3 is 10.1 Å². The van der Waals surface area contributed by atoms with E-state index in [1.54, 1.807) is 12.1 Å². The number of nitrogens with one attached hydrogen (secondary N) is 1. The lowest BCUT2D eigenvalue weighted by atomic mass is 10.2. The molecular weight excluding hydrogens is 311 g/mol. The second-order valence-corrected chi connectivity index (χ2v) is 5.81. The van der Waals surface area contributed by atoms with Gasteiger partial charge in [-0.3, -0.25) is 4.55 Å². The lowest BCUT2D eigenvalue weighted by Gasteiger charge is -2.25. The van der Waals surface area contributed by atoms with Crippen molar-refractivity contribution in [3.05, 3.63) is 29.8 Å². The zero-order valence-corrected chi connectivity index (χ0v) is 12.0. The van der Waals surface area contributed by atoms with Crippen LogP contribution < -0.4 is 5.32 Å². The van der Waals surface area contributed by atoms with Crippen molar-refractivity contribution >= 4 is 10.1 Å². The Hall–Kier alpha value is -1.16. The summed E-state index contributed by atoms with van der Waals surface area (Å²) in [6, 6.07) is 5.99. The standard InChI is InChI=1S/C7H8O3S.C5H8F3NO/c1-6-2-4-7(5-3-6)11(8,9)10;6-5(7,8)4-3-9-1-2-10-4/h2-5H,1H3,(H,8,9,10);4,9H,1-3H2. The molecule has 1 aromatic carbocycles. The highest BCUT2D eigenvalue weighted by Crippen LogP contribution is 2.23. The third-order valence-corrected chi connectivity index (χ3v) is 3.48. The second-order valence-electron chi connectivity index (χ2n) is 4.39. The van der Waals surface area contributed by atoms with Gasteiger partial charge >= 0.3 is 6.18 Å². The molecule has 21 heavy (non-hydrogen) atoms. The molecular formula is C12H16F3NO4S. The lowest BCUT2D eigenvalue weighted by molar-refractivity contribution is -0.224. The van der Waals surface area contributed by atoms with E-state index < -0.39 is 22.4 Å². The first-order valence-corrected chi connectivity index (χ1v) is 7.48. The lowest BCUT2D eigenvalue weighted by Crippen LogP contribution is -2.46. The number of aryl methyl sites for hydroxylation is 1. The van der Waals surface area contributed by atoms with Crippen LogP contribution in [0, 0.1) is 6.92 Å². The van der Waals surface area contributed by atoms with E-state index in [0.29, 0.717) is 6.54 Å². The Labute approximate surface area is 120 Å². The van der Waals surface area contributed by atoms with Gasteiger partial charge in [0.1, 0.15) is 0 Å². The molecule has 5 nitrogen and oxygen atoms in total. The first-order chi connectivity index (χ1) is 9.60. The molecule has 1 heterocycles. The van der Waals surface area contributed by atoms with E-state index in [1.165, 1.54) is 12.1 Å². The summed E-state index contributed by atoms with van der Waals surface area (Å²) in [5.41, 5.74) is 0.956. The van der Waals surface area contributed by atoms with Crippen molar-refractivity contribution < 1.29 is 30.9 Å². The van der Waals surface area contributed by atoms with E-state index in [-0.39, 0.29) is 18.0 Å². The summed E-state index contributed by atoms with van der Waals surface area (Å²) in [5.74, 6) is 0. The average Bonchev–Trinajstić information content (AvgIpc) is 2.39. The minimum atomic E-state index is -4.21. The van der Waals surface area contributed by atoms with Gasteiger partial charge in [-0.2, -0.15) is 21.6 Å². The quantitative estimate of drug-likeness (QED) is 0.769. The molecule has 120 valence electrons. The Morgan fingerprint density at radius 2 is 1.86 bits per heavy atom. The van der Waals surface area contributed by atoms with Gasteiger partial charge in [0.2, 0.25) is 0 Å². The predicted octanol–water partition coefficient (Wildman–Crippen LogP) is 1.78. The molecule has 1 saturated heterocycles. The van der Waals surface area contributed by atoms with Crippen molar-refractivity contribution in [1.29, 1.82) is 0 Å². The van der Waals surface area contributed by atoms with Gasteiger partial charge in [-0.25, -0.2) is 0 Å². The van der Waals surface area contributed by atoms with Crippen molar-refractivity contribution in [2.75, 3.05) is 19.7 Å². The molecule has 2 N–H and O–H groups in total. The molecule has 0 radical (unpaired) electrons. The highest BCUT2D eigenvalue weighted by atomic mass is 32.2. The maximum Gasteiger partial charge on any atom is 0.415 e. The SMILES string of the molecule is Cc1ccc(S(=O)(=O)O)cc1.FC(F)(F)C1CNCCO1. The normalized spacial score (nSPS) is 19.6. The van der Waals surface area contributed by atoms with E-state index in [9.17, 15) is 21.6 Å². The molecule has 9 heteroatoms. The van der Waals surface area contributed by atoms with Crippen molar-refractivity contribution in [1.82, 2.24) is 5.32 Å². The molecule has 0 spiro atoms. The van der Waals surface area contributed by atoms with Crippen LogP contribution in [0.2, 0.25) is 0 Å². The van der Waals surface area contributed by atoms with Crippen molar-refractivity contribution in [3.63, 3.8) is 0 Å². The van der Waals surface area contributed by atoms with Gasteiger partial charge in [-0.05, 0) is 19.1 Å². The summed E-state index contributed by atoms with van der Waals surface area (Å²) in [6.45, 7) is 2.37. The Morgan fingerprint density at radius 3 is 2.19 bits per heavy atom. The van der Waals surface area contributed by atoms with Crippen LogP contribution in [-0.2, 0) is 14.9 Å². The summed E-state index contributed by atoms with van der Waals surface area (Å²) in [7, 11) is -4.02. The van der Waals surface area contributed by atoms with Gasteiger partial charge in [-0.15, -0.1) is 0 Å². The largest absolute Gasteiger partial charge is 0.415 e. The number of benzene rings is 1. The third kappa shape index (κ3) is 6.42. The third-order valence-electron chi connectivity index (χ3n) is 2.61. The van der Waals surface area contributed by atoms with Gasteiger partial charge in [-0.1, -0.05) is 17.7 Å². The number of halogens is 3. The van der Waals surface area contributed by atoms with E-state index >= 15 is 0 Å². The fraction of sp³-hybridized carbons (Fsp3) is 0.500. The molecule has 0 bridgehead atoms. The van der Waals surface area contributed by atoms with Crippen LogP contribution in [0.4, 0.5) is 13.2 Å². The number of hydrogen-bond donors (Lipinski definition) is 2. The molecule has 0 aromatic heterocycles. The van der Waals surface area contributed by atoms with Crippen molar-refractivity contribution in [2.24, 2.45) is 0 Å². The van der Waals surface area contributed by atoms with Crippen LogP contribution in [-0.4, -0.2) is 44.9 Å². The van der Waals surface area contributed by atoms with Crippen LogP contribution in [0.15, 0.2) is 29.2 Å². The smallest absolute Gasteiger partial charge is 0.366 e. The van der Waals surface area contributed by atoms with Gasteiger partial charge in [0.25, 0.3) is 10.1 Å². The Bertz CT molecular complexity index is 537. The highest BCUT2D eigenvalue weighted by molar-refractivity contribution is 7.85. The maximum atomic E-state index is 11.8. The Balaban J connectivity index is 0.000000211. The first-order valence-electron chi connectivity index (χ1n) is 6.04. The minimum absolute atomic E-state index is 0.0666. The van der Waals surface area contributed by atoms with Crippen LogP contribution in [0.1, 0.15) is 5.56 Å². The number of ether oxygens (including phenoxy) is 1. The van der Waals surface area contributed by atoms with Crippen molar-refractivity contribution in [2.45, 2.75) is 24.1 Å². The maximum absolute atomic E-state index is 11.8. The molecule has 1 atom stereocenters. The summed E-state index contributed by atoms with van der Waals surface area (Å²) in [6.07, 6.45) is -5.82. The number of rotatable bonds is 1. The van der Waals surface area contributed by atoms with Crippen LogP contribution >= 0.6 is 0 Å². The first kappa shape index (κ1) is 17.9. The van der Waals surface area contributed by atoms with Crippen LogP contribution in [0.5, 0.6) is 0 Å². The summed E-state index contributed by atoms with van der Waals surface area (Å²) < 4.78 is 69.3. The number of morpholine rings is 1. The molecule has 2 rings (SSSR count). The zero-order chi connectivity index (χ0) is 16.1. The van der Waals surface area contributed by atoms with Crippen molar-refractivity contribution in [3.8, 4) is 0 Å². The molecule has 1 aliphatic heterocycles. The summed E-state index contributed by atoms with van der Waals surface area (Å²) >= 11 is 0.